The summed E-state index contributed by atoms with van der Waals surface area (Å²) in [6.45, 7) is 29.6. The molecule has 374 valence electrons. The second kappa shape index (κ2) is 32.3. The van der Waals surface area contributed by atoms with Crippen molar-refractivity contribution >= 4 is 0 Å². The van der Waals surface area contributed by atoms with Crippen LogP contribution in [-0.2, 0) is 4.74 Å². The highest BCUT2D eigenvalue weighted by Gasteiger charge is 2.27. The Balaban J connectivity index is 0.000000128. The summed E-state index contributed by atoms with van der Waals surface area (Å²) in [5.41, 5.74) is 0. The van der Waals surface area contributed by atoms with Gasteiger partial charge in [-0.05, 0) is 215 Å². The largest absolute Gasteiger partial charge is 0.379 e. The third kappa shape index (κ3) is 19.8. The van der Waals surface area contributed by atoms with Crippen LogP contribution in [0.15, 0.2) is 0 Å². The number of hydrogen-bond donors (Lipinski definition) is 6. The summed E-state index contributed by atoms with van der Waals surface area (Å²) in [6.07, 6.45) is 26.7. The van der Waals surface area contributed by atoms with Gasteiger partial charge in [-0.3, -0.25) is 24.5 Å². The van der Waals surface area contributed by atoms with Crippen LogP contribution in [0.3, 0.4) is 0 Å². The fourth-order valence-electron chi connectivity index (χ4n) is 11.9. The van der Waals surface area contributed by atoms with Crippen molar-refractivity contribution in [2.45, 2.75) is 158 Å². The number of nitrogens with one attached hydrogen (secondary N) is 6. The summed E-state index contributed by atoms with van der Waals surface area (Å²) in [5.74, 6) is 0. The van der Waals surface area contributed by atoms with E-state index in [2.05, 4.69) is 75.4 Å². The van der Waals surface area contributed by atoms with E-state index < -0.39 is 0 Å². The molecule has 0 aromatic rings. The maximum Gasteiger partial charge on any atom is 0.0594 e. The van der Waals surface area contributed by atoms with Gasteiger partial charge in [0, 0.05) is 88.6 Å². The van der Waals surface area contributed by atoms with Gasteiger partial charge in [0.25, 0.3) is 0 Å². The minimum Gasteiger partial charge on any atom is -0.379 e. The lowest BCUT2D eigenvalue weighted by Gasteiger charge is -2.40. The van der Waals surface area contributed by atoms with Crippen molar-refractivity contribution in [3.8, 4) is 0 Å². The summed E-state index contributed by atoms with van der Waals surface area (Å²) >= 11 is 0. The summed E-state index contributed by atoms with van der Waals surface area (Å²) in [7, 11) is 4.30. The molecule has 6 atom stereocenters. The first-order valence-corrected chi connectivity index (χ1v) is 27.8. The van der Waals surface area contributed by atoms with Crippen molar-refractivity contribution in [3.63, 3.8) is 0 Å². The maximum absolute atomic E-state index is 5.30. The normalized spacial score (nSPS) is 33.6. The molecule has 0 bridgehead atoms. The monoisotopic (exact) mass is 901 g/mol. The lowest BCUT2D eigenvalue weighted by Crippen LogP contribution is -2.51. The Kier molecular flexibility index (Phi) is 26.7. The Bertz CT molecular complexity index is 1000. The van der Waals surface area contributed by atoms with Gasteiger partial charge in [0.05, 0.1) is 13.2 Å². The number of nitrogens with zero attached hydrogens (tertiary/aromatic N) is 6. The van der Waals surface area contributed by atoms with Crippen LogP contribution < -0.4 is 31.9 Å². The molecule has 11 rings (SSSR count). The molecule has 13 heteroatoms. The summed E-state index contributed by atoms with van der Waals surface area (Å²) in [6, 6.07) is 5.04. The number of likely N-dealkylation sites (tertiary alicyclic amines) is 4. The molecule has 0 saturated carbocycles. The Morgan fingerprint density at radius 3 is 0.906 bits per heavy atom. The molecule has 13 nitrogen and oxygen atoms in total. The number of rotatable bonds is 6. The molecule has 11 aliphatic heterocycles. The van der Waals surface area contributed by atoms with Crippen LogP contribution in [0.5, 0.6) is 0 Å². The molecule has 11 heterocycles. The SMILES string of the molecule is C1CC(N2CCOCC2)CN1.C1CCN(C2CCCNC2)CC1.C1CCN(C2CCNC2)CC1.C1CNCC(N2CCC2)C1.C1CNCC(N2CCCC2)C1.CN(C)C1CCCNC1. The molecule has 0 aliphatic carbocycles. The topological polar surface area (TPSA) is 101 Å². The van der Waals surface area contributed by atoms with Crippen LogP contribution >= 0.6 is 0 Å². The third-order valence-corrected chi connectivity index (χ3v) is 16.3. The van der Waals surface area contributed by atoms with Crippen molar-refractivity contribution in [3.05, 3.63) is 0 Å². The predicted octanol–water partition coefficient (Wildman–Crippen LogP) is 3.32. The van der Waals surface area contributed by atoms with Gasteiger partial charge < -0.3 is 41.5 Å². The first-order chi connectivity index (χ1) is 31.6. The Hall–Kier alpha value is -0.520. The molecule has 0 aromatic carbocycles. The number of ether oxygens (including phenoxy) is 1. The zero-order chi connectivity index (χ0) is 44.3. The number of hydrogen-bond acceptors (Lipinski definition) is 13. The average Bonchev–Trinajstić information content (AvgIpc) is 4.21. The summed E-state index contributed by atoms with van der Waals surface area (Å²) in [5, 5.41) is 20.6. The second-order valence-electron chi connectivity index (χ2n) is 21.2. The van der Waals surface area contributed by atoms with Gasteiger partial charge in [0.1, 0.15) is 0 Å². The second-order valence-corrected chi connectivity index (χ2v) is 21.2. The number of likely N-dealkylation sites (N-methyl/N-ethyl adjacent to an activating group) is 1. The van der Waals surface area contributed by atoms with Gasteiger partial charge in [-0.1, -0.05) is 12.8 Å². The third-order valence-electron chi connectivity index (χ3n) is 16.3. The van der Waals surface area contributed by atoms with E-state index in [4.69, 9.17) is 4.74 Å². The minimum absolute atomic E-state index is 0.777. The molecular formula is C51H104N12O. The molecular weight excluding hydrogens is 797 g/mol. The van der Waals surface area contributed by atoms with E-state index >= 15 is 0 Å². The molecule has 6 unspecified atom stereocenters. The van der Waals surface area contributed by atoms with Crippen LogP contribution in [0.1, 0.15) is 122 Å². The molecule has 0 radical (unpaired) electrons. The van der Waals surface area contributed by atoms with Crippen molar-refractivity contribution in [2.24, 2.45) is 0 Å². The van der Waals surface area contributed by atoms with Crippen molar-refractivity contribution in [2.75, 3.05) is 171 Å². The van der Waals surface area contributed by atoms with Crippen LogP contribution in [0.25, 0.3) is 0 Å². The van der Waals surface area contributed by atoms with Crippen LogP contribution in [0, 0.1) is 0 Å². The van der Waals surface area contributed by atoms with E-state index in [1.165, 1.54) is 253 Å². The molecule has 0 aromatic heterocycles. The van der Waals surface area contributed by atoms with Crippen LogP contribution in [0.2, 0.25) is 0 Å². The molecule has 11 fully saturated rings. The van der Waals surface area contributed by atoms with Crippen LogP contribution in [-0.4, -0.2) is 237 Å². The van der Waals surface area contributed by atoms with Crippen molar-refractivity contribution in [1.29, 1.82) is 0 Å². The molecule has 0 spiro atoms. The molecule has 6 N–H and O–H groups in total. The minimum atomic E-state index is 0.777. The smallest absolute Gasteiger partial charge is 0.0594 e. The highest BCUT2D eigenvalue weighted by atomic mass is 16.5. The summed E-state index contributed by atoms with van der Waals surface area (Å²) in [4.78, 5) is 15.5. The highest BCUT2D eigenvalue weighted by Crippen LogP contribution is 2.19. The van der Waals surface area contributed by atoms with Crippen LogP contribution in [0.4, 0.5) is 0 Å². The lowest BCUT2D eigenvalue weighted by atomic mass is 10.0. The predicted molar refractivity (Wildman–Crippen MR) is 270 cm³/mol. The van der Waals surface area contributed by atoms with E-state index in [1.54, 1.807) is 0 Å². The van der Waals surface area contributed by atoms with E-state index in [-0.39, 0.29) is 0 Å². The van der Waals surface area contributed by atoms with Gasteiger partial charge in [-0.25, -0.2) is 0 Å². The van der Waals surface area contributed by atoms with Gasteiger partial charge in [-0.15, -0.1) is 0 Å². The van der Waals surface area contributed by atoms with Gasteiger partial charge in [0.2, 0.25) is 0 Å². The number of morpholine rings is 1. The Morgan fingerprint density at radius 2 is 0.625 bits per heavy atom. The zero-order valence-electron chi connectivity index (χ0n) is 42.0. The van der Waals surface area contributed by atoms with E-state index in [0.717, 1.165) is 62.6 Å². The van der Waals surface area contributed by atoms with Crippen molar-refractivity contribution in [1.82, 2.24) is 61.3 Å². The number of piperidine rings is 6. The first kappa shape index (κ1) is 52.8. The Labute approximate surface area is 394 Å². The van der Waals surface area contributed by atoms with Crippen molar-refractivity contribution < 1.29 is 4.74 Å². The maximum atomic E-state index is 5.30. The molecule has 11 saturated heterocycles. The quantitative estimate of drug-likeness (QED) is 0.236. The first-order valence-electron chi connectivity index (χ1n) is 27.8. The van der Waals surface area contributed by atoms with E-state index in [1.807, 2.05) is 0 Å². The van der Waals surface area contributed by atoms with E-state index in [0.29, 0.717) is 0 Å². The Morgan fingerprint density at radius 1 is 0.312 bits per heavy atom. The lowest BCUT2D eigenvalue weighted by molar-refractivity contribution is 0.0206. The van der Waals surface area contributed by atoms with Gasteiger partial charge in [0.15, 0.2) is 0 Å². The fourth-order valence-corrected chi connectivity index (χ4v) is 11.9. The standard InChI is InChI=1S/C10H20N2.2C9H18N2.C8H16N2O.C8H16N2.C7H16N2/c1-2-7-12(8-3-1)10-5-4-6-11-9-10;1-2-7-11(6-1)9-4-3-5-10-8-9;1-2-6-11(7-3-1)9-4-5-10-8-9;1-2-9-7-8(1)10-3-5-11-6-4-10;1-3-8(7-9-4-1)10-5-2-6-10;1-9(2)7-4-3-5-8-6-7/h10-11H,1-9H2;2*9-10H,1-8H2;8-9H,1-7H2;8-9H,1-7H2;7-8H,3-6H2,1-2H3. The fraction of sp³-hybridized carbons (Fsp3) is 1.00. The van der Waals surface area contributed by atoms with Gasteiger partial charge in [-0.2, -0.15) is 0 Å². The summed E-state index contributed by atoms with van der Waals surface area (Å²) < 4.78 is 5.30. The highest BCUT2D eigenvalue weighted by molar-refractivity contribution is 4.85. The molecule has 64 heavy (non-hydrogen) atoms. The van der Waals surface area contributed by atoms with Gasteiger partial charge >= 0.3 is 0 Å². The van der Waals surface area contributed by atoms with E-state index in [9.17, 15) is 0 Å². The molecule has 0 amide bonds. The molecule has 11 aliphatic rings. The zero-order valence-corrected chi connectivity index (χ0v) is 42.0. The average molecular weight is 901 g/mol.